The molecule has 0 aliphatic carbocycles. The molecule has 0 saturated heterocycles. The van der Waals surface area contributed by atoms with Crippen LogP contribution < -0.4 is 5.32 Å². The van der Waals surface area contributed by atoms with Gasteiger partial charge < -0.3 is 14.6 Å². The van der Waals surface area contributed by atoms with E-state index in [0.29, 0.717) is 11.3 Å². The first-order valence-electron chi connectivity index (χ1n) is 10.2. The monoisotopic (exact) mass is 438 g/mol. The molecule has 0 bridgehead atoms. The van der Waals surface area contributed by atoms with Crippen LogP contribution in [0.15, 0.2) is 64.0 Å². The number of benzene rings is 2. The minimum atomic E-state index is -0.535. The Morgan fingerprint density at radius 1 is 1.16 bits per heavy atom. The predicted octanol–water partition coefficient (Wildman–Crippen LogP) is 4.87. The van der Waals surface area contributed by atoms with Gasteiger partial charge in [-0.3, -0.25) is 4.79 Å². The van der Waals surface area contributed by atoms with Crippen LogP contribution in [0.2, 0.25) is 0 Å². The van der Waals surface area contributed by atoms with E-state index in [9.17, 15) is 9.59 Å². The Bertz CT molecular complexity index is 1030. The Hall–Kier alpha value is -3.06. The molecule has 1 unspecified atom stereocenters. The van der Waals surface area contributed by atoms with Gasteiger partial charge in [-0.1, -0.05) is 48.5 Å². The van der Waals surface area contributed by atoms with Crippen LogP contribution in [0.4, 0.5) is 0 Å². The van der Waals surface area contributed by atoms with Crippen LogP contribution in [-0.4, -0.2) is 23.6 Å². The Labute approximate surface area is 186 Å². The summed E-state index contributed by atoms with van der Waals surface area (Å²) >= 11 is 1.45. The largest absolute Gasteiger partial charge is 0.452 e. The number of thioether (sulfide) groups is 1. The number of nitrogens with one attached hydrogen (secondary N) is 1. The van der Waals surface area contributed by atoms with Gasteiger partial charge in [-0.2, -0.15) is 0 Å². The lowest BCUT2D eigenvalue weighted by atomic mass is 10.1. The van der Waals surface area contributed by atoms with Gasteiger partial charge in [0.05, 0.1) is 23.1 Å². The highest BCUT2D eigenvalue weighted by Crippen LogP contribution is 2.27. The maximum atomic E-state index is 12.6. The molecule has 0 aliphatic rings. The van der Waals surface area contributed by atoms with E-state index in [1.54, 1.807) is 12.1 Å². The van der Waals surface area contributed by atoms with Crippen LogP contribution in [0, 0.1) is 6.92 Å². The maximum Gasteiger partial charge on any atom is 0.339 e. The molecule has 0 radical (unpaired) electrons. The molecular formula is C24H26N2O4S. The number of hydrogen-bond donors (Lipinski definition) is 1. The van der Waals surface area contributed by atoms with Crippen molar-refractivity contribution in [3.05, 3.63) is 82.7 Å². The molecule has 3 rings (SSSR count). The number of aryl methyl sites for hydroxylation is 2. The fourth-order valence-corrected chi connectivity index (χ4v) is 3.93. The predicted molar refractivity (Wildman–Crippen MR) is 120 cm³/mol. The molecule has 0 aliphatic heterocycles. The molecular weight excluding hydrogens is 412 g/mol. The molecule has 3 aromatic rings. The zero-order valence-electron chi connectivity index (χ0n) is 17.9. The third-order valence-corrected chi connectivity index (χ3v) is 5.85. The molecule has 162 valence electrons. The number of amides is 1. The summed E-state index contributed by atoms with van der Waals surface area (Å²) in [6, 6.07) is 16.9. The van der Waals surface area contributed by atoms with Crippen LogP contribution >= 0.6 is 11.8 Å². The van der Waals surface area contributed by atoms with E-state index in [2.05, 4.69) is 17.4 Å². The van der Waals surface area contributed by atoms with Crippen LogP contribution in [-0.2, 0) is 21.7 Å². The first-order valence-corrected chi connectivity index (χ1v) is 11.1. The third kappa shape index (κ3) is 6.46. The summed E-state index contributed by atoms with van der Waals surface area (Å²) < 4.78 is 10.5. The van der Waals surface area contributed by atoms with Crippen LogP contribution in [0.3, 0.4) is 0 Å². The Morgan fingerprint density at radius 3 is 2.58 bits per heavy atom. The minimum absolute atomic E-state index is 0.176. The van der Waals surface area contributed by atoms with Crippen molar-refractivity contribution in [3.8, 4) is 0 Å². The van der Waals surface area contributed by atoms with Gasteiger partial charge in [0.15, 0.2) is 6.61 Å². The molecule has 31 heavy (non-hydrogen) atoms. The lowest BCUT2D eigenvalue weighted by Crippen LogP contribution is -2.31. The number of ether oxygens (including phenoxy) is 1. The van der Waals surface area contributed by atoms with E-state index in [-0.39, 0.29) is 18.6 Å². The number of esters is 1. The SMILES string of the molecule is CCc1ccc(C(C)NC(=O)COC(=O)c2ccccc2SCc2cc(C)no2)cc1. The molecule has 7 heteroatoms. The number of hydrogen-bond acceptors (Lipinski definition) is 6. The molecule has 1 atom stereocenters. The fraction of sp³-hybridized carbons (Fsp3) is 0.292. The summed E-state index contributed by atoms with van der Waals surface area (Å²) in [5, 5.41) is 6.73. The Morgan fingerprint density at radius 2 is 1.90 bits per heavy atom. The van der Waals surface area contributed by atoms with Crippen LogP contribution in [0.1, 0.15) is 52.8 Å². The lowest BCUT2D eigenvalue weighted by Gasteiger charge is -2.15. The summed E-state index contributed by atoms with van der Waals surface area (Å²) in [6.45, 7) is 5.52. The number of nitrogens with zero attached hydrogens (tertiary/aromatic N) is 1. The first kappa shape index (κ1) is 22.6. The zero-order chi connectivity index (χ0) is 22.2. The molecule has 0 fully saturated rings. The average Bonchev–Trinajstić information content (AvgIpc) is 3.21. The quantitative estimate of drug-likeness (QED) is 0.379. The molecule has 2 aromatic carbocycles. The van der Waals surface area contributed by atoms with Crippen LogP contribution in [0.25, 0.3) is 0 Å². The van der Waals surface area contributed by atoms with Gasteiger partial charge in [-0.25, -0.2) is 4.79 Å². The third-order valence-electron chi connectivity index (χ3n) is 4.75. The highest BCUT2D eigenvalue weighted by molar-refractivity contribution is 7.98. The summed E-state index contributed by atoms with van der Waals surface area (Å²) in [5.41, 5.74) is 3.47. The standard InChI is InChI=1S/C24H26N2O4S/c1-4-18-9-11-19(12-10-18)17(3)25-23(27)14-29-24(28)21-7-5-6-8-22(21)31-15-20-13-16(2)26-30-20/h5-13,17H,4,14-15H2,1-3H3,(H,25,27). The van der Waals surface area contributed by atoms with Gasteiger partial charge in [0.1, 0.15) is 5.76 Å². The second-order valence-electron chi connectivity index (χ2n) is 7.18. The van der Waals surface area contributed by atoms with E-state index in [0.717, 1.165) is 28.3 Å². The summed E-state index contributed by atoms with van der Waals surface area (Å²) in [7, 11) is 0. The molecule has 0 saturated carbocycles. The van der Waals surface area contributed by atoms with Crippen molar-refractivity contribution in [1.82, 2.24) is 10.5 Å². The lowest BCUT2D eigenvalue weighted by molar-refractivity contribution is -0.124. The van der Waals surface area contributed by atoms with Gasteiger partial charge in [0, 0.05) is 11.0 Å². The second-order valence-corrected chi connectivity index (χ2v) is 8.20. The number of carbonyl (C=O) groups is 2. The van der Waals surface area contributed by atoms with Gasteiger partial charge in [0.2, 0.25) is 0 Å². The van der Waals surface area contributed by atoms with Crippen molar-refractivity contribution in [2.24, 2.45) is 0 Å². The maximum absolute atomic E-state index is 12.6. The summed E-state index contributed by atoms with van der Waals surface area (Å²) in [5.74, 6) is 0.389. The molecule has 1 N–H and O–H groups in total. The topological polar surface area (TPSA) is 81.4 Å². The van der Waals surface area contributed by atoms with Crippen molar-refractivity contribution in [2.75, 3.05) is 6.61 Å². The van der Waals surface area contributed by atoms with Gasteiger partial charge in [0.25, 0.3) is 5.91 Å². The molecule has 6 nitrogen and oxygen atoms in total. The number of carbonyl (C=O) groups excluding carboxylic acids is 2. The normalized spacial score (nSPS) is 11.7. The molecule has 0 spiro atoms. The smallest absolute Gasteiger partial charge is 0.339 e. The second kappa shape index (κ2) is 10.8. The first-order chi connectivity index (χ1) is 15.0. The fourth-order valence-electron chi connectivity index (χ4n) is 3.01. The number of aromatic nitrogens is 1. The van der Waals surface area contributed by atoms with E-state index < -0.39 is 5.97 Å². The van der Waals surface area contributed by atoms with E-state index in [1.165, 1.54) is 17.3 Å². The average molecular weight is 439 g/mol. The van der Waals surface area contributed by atoms with E-state index in [1.807, 2.05) is 56.3 Å². The van der Waals surface area contributed by atoms with Crippen molar-refractivity contribution >= 4 is 23.6 Å². The van der Waals surface area contributed by atoms with Gasteiger partial charge >= 0.3 is 5.97 Å². The summed E-state index contributed by atoms with van der Waals surface area (Å²) in [6.07, 6.45) is 0.967. The minimum Gasteiger partial charge on any atom is -0.452 e. The molecule has 1 amide bonds. The van der Waals surface area contributed by atoms with Crippen molar-refractivity contribution < 1.29 is 18.8 Å². The zero-order valence-corrected chi connectivity index (χ0v) is 18.7. The van der Waals surface area contributed by atoms with Gasteiger partial charge in [-0.15, -0.1) is 11.8 Å². The number of rotatable bonds is 9. The Balaban J connectivity index is 1.53. The molecule has 1 aromatic heterocycles. The van der Waals surface area contributed by atoms with Gasteiger partial charge in [-0.05, 0) is 43.5 Å². The van der Waals surface area contributed by atoms with Crippen molar-refractivity contribution in [2.45, 2.75) is 43.9 Å². The van der Waals surface area contributed by atoms with Crippen molar-refractivity contribution in [3.63, 3.8) is 0 Å². The highest BCUT2D eigenvalue weighted by Gasteiger charge is 2.16. The molecule has 1 heterocycles. The Kier molecular flexibility index (Phi) is 7.89. The van der Waals surface area contributed by atoms with E-state index >= 15 is 0 Å². The summed E-state index contributed by atoms with van der Waals surface area (Å²) in [4.78, 5) is 25.6. The van der Waals surface area contributed by atoms with Crippen molar-refractivity contribution in [1.29, 1.82) is 0 Å². The van der Waals surface area contributed by atoms with Crippen LogP contribution in [0.5, 0.6) is 0 Å². The van der Waals surface area contributed by atoms with E-state index in [4.69, 9.17) is 9.26 Å². The highest BCUT2D eigenvalue weighted by atomic mass is 32.2.